The van der Waals surface area contributed by atoms with Crippen LogP contribution in [-0.4, -0.2) is 53.9 Å². The van der Waals surface area contributed by atoms with Gasteiger partial charge in [0, 0.05) is 25.6 Å². The second-order valence-electron chi connectivity index (χ2n) is 6.13. The maximum atomic E-state index is 12.1. The summed E-state index contributed by atoms with van der Waals surface area (Å²) >= 11 is 1.57. The molecule has 0 aliphatic carbocycles. The van der Waals surface area contributed by atoms with Gasteiger partial charge < -0.3 is 19.7 Å². The van der Waals surface area contributed by atoms with E-state index in [1.807, 2.05) is 31.7 Å². The first-order valence-electron chi connectivity index (χ1n) is 7.00. The summed E-state index contributed by atoms with van der Waals surface area (Å²) in [6.07, 6.45) is -0.321. The minimum atomic E-state index is -0.480. The van der Waals surface area contributed by atoms with Crippen LogP contribution in [-0.2, 0) is 16.0 Å². The van der Waals surface area contributed by atoms with Gasteiger partial charge in [0.25, 0.3) is 0 Å². The molecule has 0 radical (unpaired) electrons. The first-order chi connectivity index (χ1) is 9.89. The van der Waals surface area contributed by atoms with Gasteiger partial charge in [-0.3, -0.25) is 0 Å². The number of ether oxygens (including phenoxy) is 2. The van der Waals surface area contributed by atoms with E-state index in [0.29, 0.717) is 19.6 Å². The van der Waals surface area contributed by atoms with E-state index in [2.05, 4.69) is 10.3 Å². The molecule has 1 aromatic heterocycles. The van der Waals surface area contributed by atoms with Gasteiger partial charge in [0.05, 0.1) is 29.9 Å². The van der Waals surface area contributed by atoms with Crippen LogP contribution in [0.5, 0.6) is 0 Å². The van der Waals surface area contributed by atoms with E-state index >= 15 is 0 Å². The number of carbonyl (C=O) groups is 1. The molecule has 1 aromatic rings. The minimum absolute atomic E-state index is 0.0313. The Morgan fingerprint density at radius 1 is 1.52 bits per heavy atom. The topological polar surface area (TPSA) is 63.7 Å². The molecule has 1 unspecified atom stereocenters. The van der Waals surface area contributed by atoms with Gasteiger partial charge in [0.2, 0.25) is 0 Å². The molecule has 1 saturated heterocycles. The predicted molar refractivity (Wildman–Crippen MR) is 81.3 cm³/mol. The van der Waals surface area contributed by atoms with Crippen LogP contribution in [0.1, 0.15) is 26.5 Å². The molecule has 1 amide bonds. The summed E-state index contributed by atoms with van der Waals surface area (Å²) in [7, 11) is 1.67. The van der Waals surface area contributed by atoms with E-state index in [0.717, 1.165) is 5.69 Å². The molecule has 118 valence electrons. The van der Waals surface area contributed by atoms with Crippen LogP contribution in [0.2, 0.25) is 0 Å². The third-order valence-electron chi connectivity index (χ3n) is 3.25. The summed E-state index contributed by atoms with van der Waals surface area (Å²) in [5.41, 5.74) is 2.34. The monoisotopic (exact) mass is 313 g/mol. The van der Waals surface area contributed by atoms with Crippen LogP contribution in [0.3, 0.4) is 0 Å². The number of carbonyl (C=O) groups excluding carboxylic acids is 1. The van der Waals surface area contributed by atoms with E-state index in [9.17, 15) is 4.79 Å². The molecule has 0 aromatic carbocycles. The average molecular weight is 313 g/mol. The molecule has 1 aliphatic heterocycles. The zero-order valence-electron chi connectivity index (χ0n) is 13.0. The van der Waals surface area contributed by atoms with Gasteiger partial charge in [-0.2, -0.15) is 0 Å². The lowest BCUT2D eigenvalue weighted by Crippen LogP contribution is -2.40. The molecule has 6 nitrogen and oxygen atoms in total. The van der Waals surface area contributed by atoms with Crippen molar-refractivity contribution in [3.8, 4) is 0 Å². The Bertz CT molecular complexity index is 459. The van der Waals surface area contributed by atoms with Crippen molar-refractivity contribution in [1.82, 2.24) is 15.2 Å². The van der Waals surface area contributed by atoms with Crippen LogP contribution in [0.15, 0.2) is 10.9 Å². The Morgan fingerprint density at radius 2 is 2.29 bits per heavy atom. The van der Waals surface area contributed by atoms with Crippen molar-refractivity contribution in [3.05, 3.63) is 16.6 Å². The third kappa shape index (κ3) is 4.66. The quantitative estimate of drug-likeness (QED) is 0.919. The van der Waals surface area contributed by atoms with Gasteiger partial charge in [0.1, 0.15) is 5.60 Å². The van der Waals surface area contributed by atoms with Crippen molar-refractivity contribution in [3.63, 3.8) is 0 Å². The molecular weight excluding hydrogens is 290 g/mol. The van der Waals surface area contributed by atoms with Crippen molar-refractivity contribution in [2.45, 2.75) is 45.1 Å². The zero-order valence-corrected chi connectivity index (χ0v) is 13.8. The number of likely N-dealkylation sites (tertiary alicyclic amines) is 1. The first kappa shape index (κ1) is 16.2. The molecule has 0 bridgehead atoms. The van der Waals surface area contributed by atoms with Gasteiger partial charge in [-0.1, -0.05) is 0 Å². The van der Waals surface area contributed by atoms with Crippen molar-refractivity contribution >= 4 is 17.4 Å². The second kappa shape index (κ2) is 6.72. The van der Waals surface area contributed by atoms with Gasteiger partial charge in [-0.05, 0) is 20.8 Å². The number of thiazole rings is 1. The second-order valence-corrected chi connectivity index (χ2v) is 6.85. The molecule has 7 heteroatoms. The zero-order chi connectivity index (χ0) is 15.5. The standard InChI is InChI=1S/C14H23N3O3S/c1-14(2,3)20-13(18)17-6-11(12(7-17)19-4)15-5-10-8-21-9-16-10/h8-9,11-12,15H,5-7H2,1-4H3/t11?,12-/m0/s1. The molecule has 0 saturated carbocycles. The fourth-order valence-electron chi connectivity index (χ4n) is 2.24. The van der Waals surface area contributed by atoms with Crippen LogP contribution >= 0.6 is 11.3 Å². The number of nitrogens with zero attached hydrogens (tertiary/aromatic N) is 2. The van der Waals surface area contributed by atoms with E-state index in [-0.39, 0.29) is 18.2 Å². The number of nitrogens with one attached hydrogen (secondary N) is 1. The predicted octanol–water partition coefficient (Wildman–Crippen LogP) is 1.87. The number of aromatic nitrogens is 1. The highest BCUT2D eigenvalue weighted by Crippen LogP contribution is 2.18. The fraction of sp³-hybridized carbons (Fsp3) is 0.714. The normalized spacial score (nSPS) is 22.6. The summed E-state index contributed by atoms with van der Waals surface area (Å²) in [5, 5.41) is 5.41. The number of hydrogen-bond donors (Lipinski definition) is 1. The lowest BCUT2D eigenvalue weighted by molar-refractivity contribution is 0.0252. The van der Waals surface area contributed by atoms with Crippen molar-refractivity contribution in [1.29, 1.82) is 0 Å². The Labute approximate surface area is 129 Å². The highest BCUT2D eigenvalue weighted by molar-refractivity contribution is 7.07. The minimum Gasteiger partial charge on any atom is -0.444 e. The van der Waals surface area contributed by atoms with E-state index in [1.54, 1.807) is 23.3 Å². The number of rotatable bonds is 4. The van der Waals surface area contributed by atoms with E-state index < -0.39 is 5.60 Å². The Hall–Kier alpha value is -1.18. The van der Waals surface area contributed by atoms with Gasteiger partial charge in [-0.25, -0.2) is 9.78 Å². The lowest BCUT2D eigenvalue weighted by atomic mass is 10.2. The number of amides is 1. The number of hydrogen-bond acceptors (Lipinski definition) is 6. The molecule has 1 fully saturated rings. The maximum absolute atomic E-state index is 12.1. The van der Waals surface area contributed by atoms with Crippen molar-refractivity contribution in [2.75, 3.05) is 20.2 Å². The first-order valence-corrected chi connectivity index (χ1v) is 7.94. The molecular formula is C14H23N3O3S. The summed E-state index contributed by atoms with van der Waals surface area (Å²) < 4.78 is 10.9. The molecule has 2 heterocycles. The van der Waals surface area contributed by atoms with Crippen molar-refractivity contribution in [2.24, 2.45) is 0 Å². The smallest absolute Gasteiger partial charge is 0.410 e. The Balaban J connectivity index is 1.89. The van der Waals surface area contributed by atoms with E-state index in [4.69, 9.17) is 9.47 Å². The molecule has 2 atom stereocenters. The largest absolute Gasteiger partial charge is 0.444 e. The highest BCUT2D eigenvalue weighted by Gasteiger charge is 2.37. The molecule has 21 heavy (non-hydrogen) atoms. The lowest BCUT2D eigenvalue weighted by Gasteiger charge is -2.24. The maximum Gasteiger partial charge on any atom is 0.410 e. The molecule has 2 rings (SSSR count). The van der Waals surface area contributed by atoms with Gasteiger partial charge in [-0.15, -0.1) is 11.3 Å². The van der Waals surface area contributed by atoms with E-state index in [1.165, 1.54) is 0 Å². The SMILES string of the molecule is CO[C@H]1CN(C(=O)OC(C)(C)C)CC1NCc1cscn1. The molecule has 1 aliphatic rings. The summed E-state index contributed by atoms with van der Waals surface area (Å²) in [4.78, 5) is 18.0. The summed E-state index contributed by atoms with van der Waals surface area (Å²) in [5.74, 6) is 0. The summed E-state index contributed by atoms with van der Waals surface area (Å²) in [6.45, 7) is 7.40. The van der Waals surface area contributed by atoms with Crippen LogP contribution < -0.4 is 5.32 Å². The van der Waals surface area contributed by atoms with Gasteiger partial charge in [0.15, 0.2) is 0 Å². The van der Waals surface area contributed by atoms with Crippen LogP contribution in [0.4, 0.5) is 4.79 Å². The van der Waals surface area contributed by atoms with Crippen molar-refractivity contribution < 1.29 is 14.3 Å². The fourth-order valence-corrected chi connectivity index (χ4v) is 2.80. The average Bonchev–Trinajstić information content (AvgIpc) is 3.03. The third-order valence-corrected chi connectivity index (χ3v) is 3.88. The van der Waals surface area contributed by atoms with Crippen LogP contribution in [0, 0.1) is 0 Å². The molecule has 0 spiro atoms. The summed E-state index contributed by atoms with van der Waals surface area (Å²) in [6, 6.07) is 0.0872. The number of methoxy groups -OCH3 is 1. The highest BCUT2D eigenvalue weighted by atomic mass is 32.1. The van der Waals surface area contributed by atoms with Gasteiger partial charge >= 0.3 is 6.09 Å². The molecule has 1 N–H and O–H groups in total. The Morgan fingerprint density at radius 3 is 2.86 bits per heavy atom. The Kier molecular flexibility index (Phi) is 5.18. The van der Waals surface area contributed by atoms with Crippen LogP contribution in [0.25, 0.3) is 0 Å².